The third-order valence-corrected chi connectivity index (χ3v) is 3.77. The smallest absolute Gasteiger partial charge is 0.329 e. The standard InChI is InChI=1S/C14H21ClN4O2/c1-8(2)12(14(20)21-5)19-10(6-7-15)16-11-9(3)17-18(4)13(11)19/h8,12H,6-7H2,1-5H3. The summed E-state index contributed by atoms with van der Waals surface area (Å²) < 4.78 is 8.66. The van der Waals surface area contributed by atoms with Crippen LogP contribution < -0.4 is 0 Å². The molecule has 2 aromatic heterocycles. The lowest BCUT2D eigenvalue weighted by Gasteiger charge is -2.22. The number of imidazole rings is 1. The molecule has 0 radical (unpaired) electrons. The molecule has 2 rings (SSSR count). The van der Waals surface area contributed by atoms with Crippen LogP contribution in [-0.2, 0) is 23.0 Å². The molecule has 1 unspecified atom stereocenters. The topological polar surface area (TPSA) is 61.9 Å². The Hall–Kier alpha value is -1.56. The number of alkyl halides is 1. The van der Waals surface area contributed by atoms with Gasteiger partial charge in [-0.2, -0.15) is 5.10 Å². The Morgan fingerprint density at radius 3 is 2.62 bits per heavy atom. The summed E-state index contributed by atoms with van der Waals surface area (Å²) >= 11 is 5.89. The number of ether oxygens (including phenoxy) is 1. The Labute approximate surface area is 129 Å². The molecular weight excluding hydrogens is 292 g/mol. The van der Waals surface area contributed by atoms with Crippen molar-refractivity contribution in [1.29, 1.82) is 0 Å². The van der Waals surface area contributed by atoms with E-state index in [2.05, 4.69) is 10.1 Å². The van der Waals surface area contributed by atoms with Crippen molar-refractivity contribution in [3.63, 3.8) is 0 Å². The summed E-state index contributed by atoms with van der Waals surface area (Å²) in [5.41, 5.74) is 2.48. The molecular formula is C14H21ClN4O2. The van der Waals surface area contributed by atoms with Crippen molar-refractivity contribution < 1.29 is 9.53 Å². The molecule has 116 valence electrons. The summed E-state index contributed by atoms with van der Waals surface area (Å²) in [6.07, 6.45) is 0.593. The summed E-state index contributed by atoms with van der Waals surface area (Å²) in [7, 11) is 3.26. The number of fused-ring (bicyclic) bond motifs is 1. The highest BCUT2D eigenvalue weighted by Crippen LogP contribution is 2.28. The minimum atomic E-state index is -0.437. The molecule has 6 nitrogen and oxygen atoms in total. The number of halogens is 1. The van der Waals surface area contributed by atoms with Gasteiger partial charge in [0.15, 0.2) is 5.65 Å². The molecule has 0 saturated carbocycles. The Morgan fingerprint density at radius 1 is 1.43 bits per heavy atom. The van der Waals surface area contributed by atoms with Crippen LogP contribution in [0.1, 0.15) is 31.4 Å². The van der Waals surface area contributed by atoms with Gasteiger partial charge >= 0.3 is 5.97 Å². The molecule has 2 heterocycles. The zero-order valence-corrected chi connectivity index (χ0v) is 13.8. The average molecular weight is 313 g/mol. The Morgan fingerprint density at radius 2 is 2.10 bits per heavy atom. The van der Waals surface area contributed by atoms with E-state index in [0.717, 1.165) is 22.7 Å². The van der Waals surface area contributed by atoms with Crippen LogP contribution in [-0.4, -0.2) is 38.3 Å². The third kappa shape index (κ3) is 2.64. The first kappa shape index (κ1) is 15.8. The van der Waals surface area contributed by atoms with Gasteiger partial charge in [-0.05, 0) is 12.8 Å². The maximum atomic E-state index is 12.2. The summed E-state index contributed by atoms with van der Waals surface area (Å²) in [6, 6.07) is -0.437. The number of aromatic nitrogens is 4. The number of esters is 1. The minimum absolute atomic E-state index is 0.0686. The molecule has 0 aliphatic carbocycles. The van der Waals surface area contributed by atoms with Crippen molar-refractivity contribution in [3.05, 3.63) is 11.5 Å². The zero-order valence-electron chi connectivity index (χ0n) is 13.1. The number of hydrogen-bond acceptors (Lipinski definition) is 4. The summed E-state index contributed by atoms with van der Waals surface area (Å²) in [4.78, 5) is 16.9. The zero-order chi connectivity index (χ0) is 15.7. The van der Waals surface area contributed by atoms with Gasteiger partial charge in [-0.1, -0.05) is 13.8 Å². The molecule has 0 N–H and O–H groups in total. The fraction of sp³-hybridized carbons (Fsp3) is 0.643. The van der Waals surface area contributed by atoms with E-state index in [1.54, 1.807) is 4.68 Å². The first-order valence-electron chi connectivity index (χ1n) is 6.96. The van der Waals surface area contributed by atoms with Crippen molar-refractivity contribution in [1.82, 2.24) is 19.3 Å². The quantitative estimate of drug-likeness (QED) is 0.627. The van der Waals surface area contributed by atoms with Gasteiger partial charge in [-0.25, -0.2) is 9.78 Å². The Kier molecular flexibility index (Phi) is 4.56. The van der Waals surface area contributed by atoms with Crippen molar-refractivity contribution >= 4 is 28.7 Å². The van der Waals surface area contributed by atoms with Gasteiger partial charge in [0.2, 0.25) is 0 Å². The van der Waals surface area contributed by atoms with Crippen LogP contribution >= 0.6 is 11.6 Å². The maximum absolute atomic E-state index is 12.2. The normalized spacial score (nSPS) is 13.1. The second kappa shape index (κ2) is 6.05. The lowest BCUT2D eigenvalue weighted by molar-refractivity contribution is -0.146. The fourth-order valence-corrected chi connectivity index (χ4v) is 2.86. The molecule has 0 bridgehead atoms. The van der Waals surface area contributed by atoms with Crippen LogP contribution in [0.25, 0.3) is 11.2 Å². The molecule has 2 aromatic rings. The lowest BCUT2D eigenvalue weighted by Crippen LogP contribution is -2.28. The van der Waals surface area contributed by atoms with Crippen LogP contribution in [0.2, 0.25) is 0 Å². The molecule has 7 heteroatoms. The Balaban J connectivity index is 2.73. The number of carbonyl (C=O) groups is 1. The lowest BCUT2D eigenvalue weighted by atomic mass is 10.0. The van der Waals surface area contributed by atoms with Gasteiger partial charge in [0, 0.05) is 19.3 Å². The number of carbonyl (C=O) groups excluding carboxylic acids is 1. The maximum Gasteiger partial charge on any atom is 0.329 e. The first-order chi connectivity index (χ1) is 9.92. The number of nitrogens with zero attached hydrogens (tertiary/aromatic N) is 4. The van der Waals surface area contributed by atoms with Crippen molar-refractivity contribution in [2.75, 3.05) is 13.0 Å². The van der Waals surface area contributed by atoms with Gasteiger partial charge in [0.25, 0.3) is 0 Å². The first-order valence-corrected chi connectivity index (χ1v) is 7.50. The van der Waals surface area contributed by atoms with Crippen molar-refractivity contribution in [2.24, 2.45) is 13.0 Å². The fourth-order valence-electron chi connectivity index (χ4n) is 2.69. The molecule has 0 aliphatic rings. The van der Waals surface area contributed by atoms with E-state index in [1.165, 1.54) is 7.11 Å². The van der Waals surface area contributed by atoms with E-state index in [0.29, 0.717) is 12.3 Å². The molecule has 0 aromatic carbocycles. The Bertz CT molecular complexity index is 660. The molecule has 0 amide bonds. The van der Waals surface area contributed by atoms with Crippen molar-refractivity contribution in [2.45, 2.75) is 33.2 Å². The number of aryl methyl sites for hydroxylation is 3. The number of methoxy groups -OCH3 is 1. The van der Waals surface area contributed by atoms with Gasteiger partial charge in [0.1, 0.15) is 17.4 Å². The minimum Gasteiger partial charge on any atom is -0.467 e. The van der Waals surface area contributed by atoms with E-state index >= 15 is 0 Å². The van der Waals surface area contributed by atoms with Gasteiger partial charge in [-0.3, -0.25) is 9.25 Å². The molecule has 0 saturated heterocycles. The highest BCUT2D eigenvalue weighted by Gasteiger charge is 2.31. The summed E-state index contributed by atoms with van der Waals surface area (Å²) in [6.45, 7) is 5.88. The van der Waals surface area contributed by atoms with E-state index in [1.807, 2.05) is 32.4 Å². The monoisotopic (exact) mass is 312 g/mol. The van der Waals surface area contributed by atoms with Gasteiger partial charge in [0.05, 0.1) is 12.8 Å². The van der Waals surface area contributed by atoms with E-state index < -0.39 is 6.04 Å². The van der Waals surface area contributed by atoms with Gasteiger partial charge in [-0.15, -0.1) is 11.6 Å². The molecule has 1 atom stereocenters. The third-order valence-electron chi connectivity index (χ3n) is 3.58. The summed E-state index contributed by atoms with van der Waals surface area (Å²) in [5.74, 6) is 1.03. The predicted molar refractivity (Wildman–Crippen MR) is 81.6 cm³/mol. The molecule has 0 aliphatic heterocycles. The molecule has 0 spiro atoms. The van der Waals surface area contributed by atoms with E-state index in [-0.39, 0.29) is 11.9 Å². The van der Waals surface area contributed by atoms with Crippen LogP contribution in [0.5, 0.6) is 0 Å². The second-order valence-electron chi connectivity index (χ2n) is 5.43. The second-order valence-corrected chi connectivity index (χ2v) is 5.81. The SMILES string of the molecule is COC(=O)C(C(C)C)n1c(CCCl)nc2c(C)nn(C)c21. The van der Waals surface area contributed by atoms with Crippen molar-refractivity contribution in [3.8, 4) is 0 Å². The molecule has 21 heavy (non-hydrogen) atoms. The van der Waals surface area contributed by atoms with E-state index in [4.69, 9.17) is 16.3 Å². The van der Waals surface area contributed by atoms with Gasteiger partial charge < -0.3 is 4.74 Å². The largest absolute Gasteiger partial charge is 0.467 e. The predicted octanol–water partition coefficient (Wildman–Crippen LogP) is 2.23. The number of hydrogen-bond donors (Lipinski definition) is 0. The highest BCUT2D eigenvalue weighted by atomic mass is 35.5. The highest BCUT2D eigenvalue weighted by molar-refractivity contribution is 6.17. The van der Waals surface area contributed by atoms with Crippen LogP contribution in [0, 0.1) is 12.8 Å². The van der Waals surface area contributed by atoms with E-state index in [9.17, 15) is 4.79 Å². The van der Waals surface area contributed by atoms with Crippen LogP contribution in [0.3, 0.4) is 0 Å². The molecule has 0 fully saturated rings. The summed E-state index contributed by atoms with van der Waals surface area (Å²) in [5, 5.41) is 4.39. The number of rotatable bonds is 5. The van der Waals surface area contributed by atoms with Crippen LogP contribution in [0.15, 0.2) is 0 Å². The average Bonchev–Trinajstić information content (AvgIpc) is 2.90. The van der Waals surface area contributed by atoms with Crippen LogP contribution in [0.4, 0.5) is 0 Å².